The Bertz CT molecular complexity index is 727. The monoisotopic (exact) mass is 489 g/mol. The highest BCUT2D eigenvalue weighted by molar-refractivity contribution is 14.0. The molecule has 144 valence electrons. The minimum atomic E-state index is 0. The number of nitrogens with zero attached hydrogens (tertiary/aromatic N) is 3. The lowest BCUT2D eigenvalue weighted by Gasteiger charge is -2.13. The summed E-state index contributed by atoms with van der Waals surface area (Å²) in [6.45, 7) is 5.84. The molecule has 0 aliphatic rings. The van der Waals surface area contributed by atoms with Crippen LogP contribution in [0.3, 0.4) is 0 Å². The molecule has 0 radical (unpaired) electrons. The van der Waals surface area contributed by atoms with Crippen molar-refractivity contribution in [3.8, 4) is 0 Å². The largest absolute Gasteiger partial charge is 0.356 e. The fraction of sp³-hybridized carbons (Fsp3) is 0.474. The lowest BCUT2D eigenvalue weighted by Crippen LogP contribution is -2.38. The molecule has 2 rings (SSSR count). The number of halogens is 2. The van der Waals surface area contributed by atoms with Crippen molar-refractivity contribution < 1.29 is 0 Å². The van der Waals surface area contributed by atoms with Gasteiger partial charge in [-0.1, -0.05) is 37.6 Å². The topological polar surface area (TPSA) is 54.2 Å². The van der Waals surface area contributed by atoms with Gasteiger partial charge in [0.05, 0.1) is 5.69 Å². The van der Waals surface area contributed by atoms with E-state index in [0.717, 1.165) is 49.0 Å². The van der Waals surface area contributed by atoms with Crippen molar-refractivity contribution in [3.05, 3.63) is 51.8 Å². The molecule has 2 aromatic rings. The second-order valence-electron chi connectivity index (χ2n) is 5.94. The summed E-state index contributed by atoms with van der Waals surface area (Å²) in [5.74, 6) is 0.801. The van der Waals surface area contributed by atoms with E-state index in [1.54, 1.807) is 7.05 Å². The molecule has 0 aliphatic carbocycles. The molecule has 26 heavy (non-hydrogen) atoms. The van der Waals surface area contributed by atoms with Crippen LogP contribution >= 0.6 is 35.6 Å². The molecule has 1 aromatic heterocycles. The van der Waals surface area contributed by atoms with Gasteiger partial charge in [-0.05, 0) is 37.0 Å². The van der Waals surface area contributed by atoms with Crippen LogP contribution in [0, 0.1) is 0 Å². The number of aliphatic imine (C=N–C) groups is 1. The van der Waals surface area contributed by atoms with Crippen molar-refractivity contribution in [2.24, 2.45) is 12.0 Å². The Labute approximate surface area is 178 Å². The minimum Gasteiger partial charge on any atom is -0.356 e. The van der Waals surface area contributed by atoms with Gasteiger partial charge in [0, 0.05) is 43.5 Å². The maximum absolute atomic E-state index is 6.03. The van der Waals surface area contributed by atoms with Gasteiger partial charge in [0.15, 0.2) is 5.96 Å². The quantitative estimate of drug-likeness (QED) is 0.354. The predicted molar refractivity (Wildman–Crippen MR) is 121 cm³/mol. The van der Waals surface area contributed by atoms with Gasteiger partial charge in [0.1, 0.15) is 0 Å². The highest BCUT2D eigenvalue weighted by Crippen LogP contribution is 2.15. The van der Waals surface area contributed by atoms with Gasteiger partial charge in [0.2, 0.25) is 0 Å². The van der Waals surface area contributed by atoms with E-state index in [9.17, 15) is 0 Å². The van der Waals surface area contributed by atoms with Crippen LogP contribution in [0.15, 0.2) is 29.3 Å². The number of rotatable bonds is 7. The molecular weight excluding hydrogens is 461 g/mol. The Morgan fingerprint density at radius 1 is 1.23 bits per heavy atom. The predicted octanol–water partition coefficient (Wildman–Crippen LogP) is 3.72. The summed E-state index contributed by atoms with van der Waals surface area (Å²) in [7, 11) is 3.80. The molecule has 7 heteroatoms. The summed E-state index contributed by atoms with van der Waals surface area (Å²) in [4.78, 5) is 4.31. The average Bonchev–Trinajstić information content (AvgIpc) is 2.92. The van der Waals surface area contributed by atoms with Crippen LogP contribution in [0.4, 0.5) is 0 Å². The van der Waals surface area contributed by atoms with E-state index in [0.29, 0.717) is 0 Å². The molecule has 1 heterocycles. The smallest absolute Gasteiger partial charge is 0.191 e. The van der Waals surface area contributed by atoms with E-state index in [1.807, 2.05) is 29.9 Å². The summed E-state index contributed by atoms with van der Waals surface area (Å²) in [6.07, 6.45) is 2.81. The first-order valence-electron chi connectivity index (χ1n) is 8.81. The van der Waals surface area contributed by atoms with E-state index in [4.69, 9.17) is 11.6 Å². The third kappa shape index (κ3) is 6.16. The number of aromatic nitrogens is 2. The summed E-state index contributed by atoms with van der Waals surface area (Å²) >= 11 is 6.03. The molecule has 0 bridgehead atoms. The standard InChI is InChI=1S/C19H28ClN5.HI/c1-5-17-16(18(6-2)25(4)24-17)13-23-19(21-3)22-11-10-14-8-7-9-15(20)12-14;/h7-9,12H,5-6,10-11,13H2,1-4H3,(H2,21,22,23);1H. The fourth-order valence-corrected chi connectivity index (χ4v) is 3.22. The Morgan fingerprint density at radius 2 is 2.00 bits per heavy atom. The van der Waals surface area contributed by atoms with Crippen molar-refractivity contribution in [1.29, 1.82) is 0 Å². The van der Waals surface area contributed by atoms with Crippen molar-refractivity contribution in [1.82, 2.24) is 20.4 Å². The molecule has 0 saturated heterocycles. The molecule has 0 fully saturated rings. The van der Waals surface area contributed by atoms with Crippen LogP contribution in [0.25, 0.3) is 0 Å². The van der Waals surface area contributed by atoms with Crippen molar-refractivity contribution in [3.63, 3.8) is 0 Å². The first-order valence-corrected chi connectivity index (χ1v) is 9.19. The highest BCUT2D eigenvalue weighted by Gasteiger charge is 2.13. The number of benzene rings is 1. The highest BCUT2D eigenvalue weighted by atomic mass is 127. The fourth-order valence-electron chi connectivity index (χ4n) is 3.00. The molecule has 1 aromatic carbocycles. The molecule has 0 saturated carbocycles. The second-order valence-corrected chi connectivity index (χ2v) is 6.37. The molecule has 0 unspecified atom stereocenters. The van der Waals surface area contributed by atoms with Gasteiger partial charge in [-0.2, -0.15) is 5.10 Å². The van der Waals surface area contributed by atoms with Crippen LogP contribution in [-0.2, 0) is 32.9 Å². The lowest BCUT2D eigenvalue weighted by molar-refractivity contribution is 0.702. The number of hydrogen-bond acceptors (Lipinski definition) is 2. The Balaban J connectivity index is 0.00000338. The van der Waals surface area contributed by atoms with Crippen molar-refractivity contribution in [2.75, 3.05) is 13.6 Å². The van der Waals surface area contributed by atoms with Gasteiger partial charge in [-0.15, -0.1) is 24.0 Å². The van der Waals surface area contributed by atoms with Crippen LogP contribution in [0.5, 0.6) is 0 Å². The molecule has 2 N–H and O–H groups in total. The third-order valence-electron chi connectivity index (χ3n) is 4.28. The second kappa shape index (κ2) is 11.4. The van der Waals surface area contributed by atoms with Crippen molar-refractivity contribution in [2.45, 2.75) is 39.7 Å². The number of guanidine groups is 1. The summed E-state index contributed by atoms with van der Waals surface area (Å²) in [5, 5.41) is 12.2. The maximum Gasteiger partial charge on any atom is 0.191 e. The van der Waals surface area contributed by atoms with Crippen molar-refractivity contribution >= 4 is 41.5 Å². The normalized spacial score (nSPS) is 11.2. The number of nitrogens with one attached hydrogen (secondary N) is 2. The first kappa shape index (κ1) is 22.8. The van der Waals surface area contributed by atoms with Crippen LogP contribution in [-0.4, -0.2) is 29.3 Å². The van der Waals surface area contributed by atoms with E-state index in [2.05, 4.69) is 40.6 Å². The van der Waals surface area contributed by atoms with Gasteiger partial charge >= 0.3 is 0 Å². The zero-order valence-electron chi connectivity index (χ0n) is 16.0. The number of aryl methyl sites for hydroxylation is 2. The van der Waals surface area contributed by atoms with Gasteiger partial charge in [0.25, 0.3) is 0 Å². The average molecular weight is 490 g/mol. The lowest BCUT2D eigenvalue weighted by atomic mass is 10.1. The summed E-state index contributed by atoms with van der Waals surface area (Å²) < 4.78 is 1.99. The molecular formula is C19H29ClIN5. The zero-order valence-corrected chi connectivity index (χ0v) is 19.1. The van der Waals surface area contributed by atoms with E-state index in [1.165, 1.54) is 16.8 Å². The van der Waals surface area contributed by atoms with Crippen LogP contribution in [0.2, 0.25) is 5.02 Å². The summed E-state index contributed by atoms with van der Waals surface area (Å²) in [6, 6.07) is 7.95. The third-order valence-corrected chi connectivity index (χ3v) is 4.51. The first-order chi connectivity index (χ1) is 12.1. The van der Waals surface area contributed by atoms with Gasteiger partial charge in [-0.25, -0.2) is 0 Å². The molecule has 0 aliphatic heterocycles. The molecule has 0 atom stereocenters. The zero-order chi connectivity index (χ0) is 18.2. The van der Waals surface area contributed by atoms with E-state index < -0.39 is 0 Å². The van der Waals surface area contributed by atoms with E-state index in [-0.39, 0.29) is 24.0 Å². The van der Waals surface area contributed by atoms with Crippen LogP contribution in [0.1, 0.15) is 36.4 Å². The maximum atomic E-state index is 6.03. The Kier molecular flexibility index (Phi) is 10.0. The van der Waals surface area contributed by atoms with Gasteiger partial charge < -0.3 is 10.6 Å². The molecule has 0 spiro atoms. The van der Waals surface area contributed by atoms with Gasteiger partial charge in [-0.3, -0.25) is 9.67 Å². The SMILES string of the molecule is CCc1nn(C)c(CC)c1CNC(=NC)NCCc1cccc(Cl)c1.I. The molecule has 0 amide bonds. The van der Waals surface area contributed by atoms with E-state index >= 15 is 0 Å². The molecule has 5 nitrogen and oxygen atoms in total. The minimum absolute atomic E-state index is 0. The summed E-state index contributed by atoms with van der Waals surface area (Å²) in [5.41, 5.74) is 4.93. The van der Waals surface area contributed by atoms with Crippen LogP contribution < -0.4 is 10.6 Å². The Morgan fingerprint density at radius 3 is 2.62 bits per heavy atom. The Hall–Kier alpha value is -1.28. The number of hydrogen-bond donors (Lipinski definition) is 2.